The number of benzene rings is 1. The minimum absolute atomic E-state index is 0.110. The summed E-state index contributed by atoms with van der Waals surface area (Å²) in [6, 6.07) is 8.32. The maximum atomic E-state index is 12.5. The number of hydrogen-bond donors (Lipinski definition) is 2. The van der Waals surface area contributed by atoms with Gasteiger partial charge in [0.2, 0.25) is 0 Å². The number of amides is 1. The van der Waals surface area contributed by atoms with E-state index in [1.165, 1.54) is 6.20 Å². The van der Waals surface area contributed by atoms with Gasteiger partial charge in [0.25, 0.3) is 5.91 Å². The fourth-order valence-electron chi connectivity index (χ4n) is 2.67. The molecule has 20 heavy (non-hydrogen) atoms. The second-order valence-corrected chi connectivity index (χ2v) is 4.77. The summed E-state index contributed by atoms with van der Waals surface area (Å²) >= 11 is 0. The lowest BCUT2D eigenvalue weighted by Crippen LogP contribution is -2.39. The highest BCUT2D eigenvalue weighted by Crippen LogP contribution is 2.34. The van der Waals surface area contributed by atoms with Gasteiger partial charge in [0.15, 0.2) is 5.69 Å². The number of anilines is 1. The highest BCUT2D eigenvalue weighted by atomic mass is 16.2. The molecule has 104 valence electrons. The first-order valence-electron chi connectivity index (χ1n) is 6.81. The summed E-state index contributed by atoms with van der Waals surface area (Å²) in [6.07, 6.45) is 2.36. The fraction of sp³-hybridized carbons (Fsp3) is 0.357. The molecular weight excluding hydrogens is 254 g/mol. The Morgan fingerprint density at radius 3 is 3.10 bits per heavy atom. The number of nitrogens with zero attached hydrogens (tertiary/aromatic N) is 3. The molecule has 0 spiro atoms. The van der Waals surface area contributed by atoms with E-state index in [1.54, 1.807) is 4.90 Å². The maximum Gasteiger partial charge on any atom is 0.280 e. The molecule has 0 saturated heterocycles. The molecule has 0 bridgehead atoms. The summed E-state index contributed by atoms with van der Waals surface area (Å²) in [5.41, 5.74) is 2.47. The number of fused-ring (bicyclic) bond motifs is 1. The molecule has 1 aliphatic rings. The molecular formula is C14H17N5O. The van der Waals surface area contributed by atoms with E-state index in [9.17, 15) is 4.79 Å². The molecule has 1 aromatic heterocycles. The molecule has 2 N–H and O–H groups in total. The SMILES string of the molecule is CCNC1CCN(C(=O)c2cn[nH]n2)c2ccccc21. The molecule has 1 aliphatic heterocycles. The molecule has 1 unspecified atom stereocenters. The van der Waals surface area contributed by atoms with Gasteiger partial charge in [0.1, 0.15) is 0 Å². The van der Waals surface area contributed by atoms with E-state index >= 15 is 0 Å². The number of rotatable bonds is 3. The van der Waals surface area contributed by atoms with Crippen LogP contribution in [0.1, 0.15) is 35.4 Å². The zero-order chi connectivity index (χ0) is 13.9. The van der Waals surface area contributed by atoms with Crippen LogP contribution < -0.4 is 10.2 Å². The van der Waals surface area contributed by atoms with Crippen LogP contribution in [0.25, 0.3) is 0 Å². The Balaban J connectivity index is 1.94. The van der Waals surface area contributed by atoms with Gasteiger partial charge in [-0.25, -0.2) is 0 Å². The quantitative estimate of drug-likeness (QED) is 0.887. The van der Waals surface area contributed by atoms with Gasteiger partial charge in [0, 0.05) is 18.3 Å². The van der Waals surface area contributed by atoms with Crippen molar-refractivity contribution in [2.75, 3.05) is 18.0 Å². The van der Waals surface area contributed by atoms with Crippen molar-refractivity contribution < 1.29 is 4.79 Å². The lowest BCUT2D eigenvalue weighted by atomic mass is 9.96. The van der Waals surface area contributed by atoms with Crippen molar-refractivity contribution in [3.63, 3.8) is 0 Å². The summed E-state index contributed by atoms with van der Waals surface area (Å²) in [5.74, 6) is -0.110. The van der Waals surface area contributed by atoms with Gasteiger partial charge in [-0.15, -0.1) is 0 Å². The largest absolute Gasteiger partial charge is 0.310 e. The van der Waals surface area contributed by atoms with Crippen molar-refractivity contribution in [2.24, 2.45) is 0 Å². The topological polar surface area (TPSA) is 73.9 Å². The molecule has 0 fully saturated rings. The van der Waals surface area contributed by atoms with Gasteiger partial charge in [-0.2, -0.15) is 15.4 Å². The average molecular weight is 271 g/mol. The molecule has 3 rings (SSSR count). The monoisotopic (exact) mass is 271 g/mol. The third-order valence-corrected chi connectivity index (χ3v) is 3.57. The predicted octanol–water partition coefficient (Wildman–Crippen LogP) is 1.51. The highest BCUT2D eigenvalue weighted by molar-refractivity contribution is 6.05. The molecule has 0 radical (unpaired) electrons. The minimum atomic E-state index is -0.110. The zero-order valence-corrected chi connectivity index (χ0v) is 11.3. The van der Waals surface area contributed by atoms with Crippen LogP contribution in [0.15, 0.2) is 30.5 Å². The summed E-state index contributed by atoms with van der Waals surface area (Å²) in [7, 11) is 0. The van der Waals surface area contributed by atoms with Crippen LogP contribution in [0.2, 0.25) is 0 Å². The Labute approximate surface area is 117 Å². The Morgan fingerprint density at radius 2 is 2.35 bits per heavy atom. The summed E-state index contributed by atoms with van der Waals surface area (Å²) < 4.78 is 0. The lowest BCUT2D eigenvalue weighted by molar-refractivity contribution is 0.0979. The molecule has 6 heteroatoms. The minimum Gasteiger partial charge on any atom is -0.310 e. The molecule has 1 atom stereocenters. The number of aromatic amines is 1. The number of aromatic nitrogens is 3. The third kappa shape index (κ3) is 2.18. The molecule has 2 aromatic rings. The van der Waals surface area contributed by atoms with E-state index in [-0.39, 0.29) is 5.91 Å². The standard InChI is InChI=1S/C14H17N5O/c1-2-15-11-7-8-19(13-6-4-3-5-10(11)13)14(20)12-9-16-18-17-12/h3-6,9,11,15H,2,7-8H2,1H3,(H,16,17,18). The van der Waals surface area contributed by atoms with Crippen LogP contribution >= 0.6 is 0 Å². The Bertz CT molecular complexity index is 595. The van der Waals surface area contributed by atoms with E-state index < -0.39 is 0 Å². The first kappa shape index (κ1) is 12.8. The molecule has 6 nitrogen and oxygen atoms in total. The van der Waals surface area contributed by atoms with Crippen LogP contribution in [0, 0.1) is 0 Å². The molecule has 0 saturated carbocycles. The number of nitrogens with one attached hydrogen (secondary N) is 2. The third-order valence-electron chi connectivity index (χ3n) is 3.57. The second-order valence-electron chi connectivity index (χ2n) is 4.77. The molecule has 1 amide bonds. The van der Waals surface area contributed by atoms with Gasteiger partial charge in [0.05, 0.1) is 6.20 Å². The number of carbonyl (C=O) groups excluding carboxylic acids is 1. The predicted molar refractivity (Wildman–Crippen MR) is 75.5 cm³/mol. The normalized spacial score (nSPS) is 17.9. The first-order chi connectivity index (χ1) is 9.81. The van der Waals surface area contributed by atoms with Gasteiger partial charge in [-0.1, -0.05) is 25.1 Å². The van der Waals surface area contributed by atoms with Gasteiger partial charge in [-0.3, -0.25) is 4.79 Å². The number of hydrogen-bond acceptors (Lipinski definition) is 4. The van der Waals surface area contributed by atoms with Crippen molar-refractivity contribution in [2.45, 2.75) is 19.4 Å². The van der Waals surface area contributed by atoms with Gasteiger partial charge < -0.3 is 10.2 Å². The Kier molecular flexibility index (Phi) is 3.47. The summed E-state index contributed by atoms with van der Waals surface area (Å²) in [5, 5.41) is 13.5. The van der Waals surface area contributed by atoms with Crippen LogP contribution in [0.3, 0.4) is 0 Å². The first-order valence-corrected chi connectivity index (χ1v) is 6.81. The summed E-state index contributed by atoms with van der Waals surface area (Å²) in [4.78, 5) is 14.2. The molecule has 1 aromatic carbocycles. The van der Waals surface area contributed by atoms with Crippen molar-refractivity contribution in [3.05, 3.63) is 41.7 Å². The van der Waals surface area contributed by atoms with Crippen molar-refractivity contribution in [1.29, 1.82) is 0 Å². The number of H-pyrrole nitrogens is 1. The van der Waals surface area contributed by atoms with E-state index in [1.807, 2.05) is 18.2 Å². The number of carbonyl (C=O) groups is 1. The van der Waals surface area contributed by atoms with Crippen LogP contribution in [0.4, 0.5) is 5.69 Å². The fourth-order valence-corrected chi connectivity index (χ4v) is 2.67. The highest BCUT2D eigenvalue weighted by Gasteiger charge is 2.29. The van der Waals surface area contributed by atoms with Crippen LogP contribution in [0.5, 0.6) is 0 Å². The molecule has 2 heterocycles. The van der Waals surface area contributed by atoms with E-state index in [0.717, 1.165) is 24.2 Å². The molecule has 0 aliphatic carbocycles. The van der Waals surface area contributed by atoms with E-state index in [4.69, 9.17) is 0 Å². The van der Waals surface area contributed by atoms with Crippen LogP contribution in [-0.4, -0.2) is 34.4 Å². The lowest BCUT2D eigenvalue weighted by Gasteiger charge is -2.34. The number of para-hydroxylation sites is 1. The average Bonchev–Trinajstić information content (AvgIpc) is 3.01. The smallest absolute Gasteiger partial charge is 0.280 e. The van der Waals surface area contributed by atoms with E-state index in [2.05, 4.69) is 33.7 Å². The van der Waals surface area contributed by atoms with Gasteiger partial charge in [-0.05, 0) is 24.6 Å². The maximum absolute atomic E-state index is 12.5. The van der Waals surface area contributed by atoms with Gasteiger partial charge >= 0.3 is 0 Å². The van der Waals surface area contributed by atoms with Crippen molar-refractivity contribution >= 4 is 11.6 Å². The second kappa shape index (κ2) is 5.42. The van der Waals surface area contributed by atoms with E-state index in [0.29, 0.717) is 18.3 Å². The Morgan fingerprint density at radius 1 is 1.50 bits per heavy atom. The van der Waals surface area contributed by atoms with Crippen LogP contribution in [-0.2, 0) is 0 Å². The van der Waals surface area contributed by atoms with Crippen molar-refractivity contribution in [1.82, 2.24) is 20.7 Å². The Hall–Kier alpha value is -2.21. The zero-order valence-electron chi connectivity index (χ0n) is 11.3. The summed E-state index contributed by atoms with van der Waals surface area (Å²) in [6.45, 7) is 3.69. The van der Waals surface area contributed by atoms with Crippen molar-refractivity contribution in [3.8, 4) is 0 Å².